The maximum Gasteiger partial charge on any atom is 0.341 e. The second-order valence-electron chi connectivity index (χ2n) is 5.83. The standard InChI is InChI=1S/C17H22O4/c1-3-12-20-15(18)17-11-5-4-10-16(17,21-17)13-6-8-14(19-2)9-7-13/h6-9H,3-5,10-12H2,1-2H3. The third kappa shape index (κ3) is 2.13. The second-order valence-corrected chi connectivity index (χ2v) is 5.83. The SMILES string of the molecule is CCCOC(=O)C12CCCCC1(c1ccc(OC)cc1)O2. The smallest absolute Gasteiger partial charge is 0.341 e. The van der Waals surface area contributed by atoms with Crippen molar-refractivity contribution in [2.75, 3.05) is 13.7 Å². The predicted molar refractivity (Wildman–Crippen MR) is 78.2 cm³/mol. The molecule has 21 heavy (non-hydrogen) atoms. The van der Waals surface area contributed by atoms with Crippen LogP contribution in [0.5, 0.6) is 5.75 Å². The number of benzene rings is 1. The van der Waals surface area contributed by atoms with Crippen molar-refractivity contribution in [3.05, 3.63) is 29.8 Å². The van der Waals surface area contributed by atoms with Gasteiger partial charge in [-0.15, -0.1) is 0 Å². The molecule has 2 aliphatic rings. The molecule has 1 saturated heterocycles. The van der Waals surface area contributed by atoms with Gasteiger partial charge < -0.3 is 14.2 Å². The maximum absolute atomic E-state index is 12.5. The molecule has 1 aromatic carbocycles. The monoisotopic (exact) mass is 290 g/mol. The van der Waals surface area contributed by atoms with Crippen LogP contribution in [0, 0.1) is 0 Å². The Bertz CT molecular complexity index is 524. The molecule has 3 rings (SSSR count). The zero-order chi connectivity index (χ0) is 14.9. The summed E-state index contributed by atoms with van der Waals surface area (Å²) in [5.41, 5.74) is -0.186. The number of carbonyl (C=O) groups is 1. The van der Waals surface area contributed by atoms with E-state index in [9.17, 15) is 4.79 Å². The van der Waals surface area contributed by atoms with Gasteiger partial charge in [-0.2, -0.15) is 0 Å². The number of hydrogen-bond donors (Lipinski definition) is 0. The predicted octanol–water partition coefficient (Wildman–Crippen LogP) is 3.19. The van der Waals surface area contributed by atoms with E-state index in [4.69, 9.17) is 14.2 Å². The van der Waals surface area contributed by atoms with E-state index in [1.807, 2.05) is 31.2 Å². The molecule has 2 unspecified atom stereocenters. The van der Waals surface area contributed by atoms with Crippen LogP contribution in [-0.2, 0) is 19.9 Å². The second kappa shape index (κ2) is 5.34. The quantitative estimate of drug-likeness (QED) is 0.617. The molecule has 0 bridgehead atoms. The van der Waals surface area contributed by atoms with Gasteiger partial charge in [0, 0.05) is 0 Å². The Balaban J connectivity index is 1.86. The fourth-order valence-corrected chi connectivity index (χ4v) is 3.44. The normalized spacial score (nSPS) is 30.4. The molecule has 2 fully saturated rings. The first-order chi connectivity index (χ1) is 10.2. The minimum absolute atomic E-state index is 0.195. The highest BCUT2D eigenvalue weighted by Gasteiger charge is 2.76. The molecule has 0 N–H and O–H groups in total. The molecule has 0 radical (unpaired) electrons. The number of ether oxygens (including phenoxy) is 3. The third-order valence-electron chi connectivity index (χ3n) is 4.59. The van der Waals surface area contributed by atoms with Gasteiger partial charge in [0.25, 0.3) is 0 Å². The van der Waals surface area contributed by atoms with Gasteiger partial charge in [-0.25, -0.2) is 4.79 Å². The van der Waals surface area contributed by atoms with Crippen LogP contribution in [0.15, 0.2) is 24.3 Å². The topological polar surface area (TPSA) is 48.1 Å². The van der Waals surface area contributed by atoms with Crippen molar-refractivity contribution in [1.29, 1.82) is 0 Å². The summed E-state index contributed by atoms with van der Waals surface area (Å²) in [6.45, 7) is 2.46. The lowest BCUT2D eigenvalue weighted by atomic mass is 9.75. The molecular formula is C17H22O4. The van der Waals surface area contributed by atoms with Gasteiger partial charge in [0.05, 0.1) is 13.7 Å². The van der Waals surface area contributed by atoms with Crippen LogP contribution in [0.1, 0.15) is 44.6 Å². The third-order valence-corrected chi connectivity index (χ3v) is 4.59. The van der Waals surface area contributed by atoms with Gasteiger partial charge in [-0.1, -0.05) is 19.1 Å². The first kappa shape index (κ1) is 14.4. The van der Waals surface area contributed by atoms with Crippen molar-refractivity contribution in [1.82, 2.24) is 0 Å². The van der Waals surface area contributed by atoms with E-state index in [0.717, 1.165) is 43.4 Å². The lowest BCUT2D eigenvalue weighted by Crippen LogP contribution is -2.37. The van der Waals surface area contributed by atoms with Gasteiger partial charge >= 0.3 is 5.97 Å². The van der Waals surface area contributed by atoms with Gasteiger partial charge in [-0.05, 0) is 49.8 Å². The van der Waals surface area contributed by atoms with Crippen LogP contribution in [0.4, 0.5) is 0 Å². The van der Waals surface area contributed by atoms with E-state index in [2.05, 4.69) is 0 Å². The summed E-state index contributed by atoms with van der Waals surface area (Å²) in [7, 11) is 1.65. The van der Waals surface area contributed by atoms with E-state index in [1.165, 1.54) is 0 Å². The van der Waals surface area contributed by atoms with Gasteiger partial charge in [0.1, 0.15) is 11.4 Å². The van der Waals surface area contributed by atoms with Crippen LogP contribution < -0.4 is 4.74 Å². The van der Waals surface area contributed by atoms with Gasteiger partial charge in [0.15, 0.2) is 5.60 Å². The van der Waals surface area contributed by atoms with E-state index in [-0.39, 0.29) is 5.97 Å². The number of esters is 1. The highest BCUT2D eigenvalue weighted by Crippen LogP contribution is 2.64. The fourth-order valence-electron chi connectivity index (χ4n) is 3.44. The molecule has 1 aliphatic heterocycles. The lowest BCUT2D eigenvalue weighted by molar-refractivity contribution is -0.150. The Morgan fingerprint density at radius 3 is 2.62 bits per heavy atom. The molecule has 2 atom stereocenters. The average Bonchev–Trinajstić information content (AvgIpc) is 3.24. The summed E-state index contributed by atoms with van der Waals surface area (Å²) >= 11 is 0. The van der Waals surface area contributed by atoms with Crippen molar-refractivity contribution in [2.45, 2.75) is 50.2 Å². The number of rotatable bonds is 5. The minimum Gasteiger partial charge on any atom is -0.497 e. The number of carbonyl (C=O) groups excluding carboxylic acids is 1. The molecule has 0 amide bonds. The Hall–Kier alpha value is -1.55. The minimum atomic E-state index is -0.755. The summed E-state index contributed by atoms with van der Waals surface area (Å²) in [6.07, 6.45) is 4.55. The summed E-state index contributed by atoms with van der Waals surface area (Å²) in [5, 5.41) is 0. The highest BCUT2D eigenvalue weighted by atomic mass is 16.7. The van der Waals surface area contributed by atoms with Crippen molar-refractivity contribution >= 4 is 5.97 Å². The van der Waals surface area contributed by atoms with Gasteiger partial charge in [0.2, 0.25) is 0 Å². The Morgan fingerprint density at radius 1 is 1.24 bits per heavy atom. The van der Waals surface area contributed by atoms with Crippen molar-refractivity contribution in [3.8, 4) is 5.75 Å². The Labute approximate surface area is 125 Å². The molecule has 1 heterocycles. The molecule has 1 aromatic rings. The van der Waals surface area contributed by atoms with Crippen LogP contribution in [0.25, 0.3) is 0 Å². The van der Waals surface area contributed by atoms with Gasteiger partial charge in [-0.3, -0.25) is 0 Å². The maximum atomic E-state index is 12.5. The van der Waals surface area contributed by atoms with Crippen LogP contribution in [0.2, 0.25) is 0 Å². The van der Waals surface area contributed by atoms with Crippen LogP contribution in [0.3, 0.4) is 0 Å². The summed E-state index contributed by atoms with van der Waals surface area (Å²) in [4.78, 5) is 12.5. The Kier molecular flexibility index (Phi) is 3.66. The van der Waals surface area contributed by atoms with Crippen molar-refractivity contribution < 1.29 is 19.0 Å². The number of epoxide rings is 1. The summed E-state index contributed by atoms with van der Waals surface area (Å²) in [5.74, 6) is 0.616. The lowest BCUT2D eigenvalue weighted by Gasteiger charge is -2.24. The zero-order valence-corrected chi connectivity index (χ0v) is 12.7. The van der Waals surface area contributed by atoms with Crippen LogP contribution in [-0.4, -0.2) is 25.3 Å². The fraction of sp³-hybridized carbons (Fsp3) is 0.588. The van der Waals surface area contributed by atoms with Crippen LogP contribution >= 0.6 is 0 Å². The Morgan fingerprint density at radius 2 is 1.95 bits per heavy atom. The molecule has 1 saturated carbocycles. The highest BCUT2D eigenvalue weighted by molar-refractivity contribution is 5.85. The van der Waals surface area contributed by atoms with E-state index in [1.54, 1.807) is 7.11 Å². The zero-order valence-electron chi connectivity index (χ0n) is 12.7. The molecule has 4 heteroatoms. The largest absolute Gasteiger partial charge is 0.497 e. The first-order valence-corrected chi connectivity index (χ1v) is 7.70. The number of hydrogen-bond acceptors (Lipinski definition) is 4. The van der Waals surface area contributed by atoms with Crippen molar-refractivity contribution in [3.63, 3.8) is 0 Å². The molecular weight excluding hydrogens is 268 g/mol. The number of fused-ring (bicyclic) bond motifs is 1. The summed E-state index contributed by atoms with van der Waals surface area (Å²) < 4.78 is 16.6. The van der Waals surface area contributed by atoms with E-state index in [0.29, 0.717) is 6.61 Å². The molecule has 4 nitrogen and oxygen atoms in total. The van der Waals surface area contributed by atoms with Crippen molar-refractivity contribution in [2.24, 2.45) is 0 Å². The molecule has 0 aromatic heterocycles. The number of methoxy groups -OCH3 is 1. The summed E-state index contributed by atoms with van der Waals surface area (Å²) in [6, 6.07) is 7.84. The molecule has 1 aliphatic carbocycles. The van der Waals surface area contributed by atoms with E-state index >= 15 is 0 Å². The molecule has 114 valence electrons. The average molecular weight is 290 g/mol. The van der Waals surface area contributed by atoms with E-state index < -0.39 is 11.2 Å². The molecule has 0 spiro atoms. The first-order valence-electron chi connectivity index (χ1n) is 7.70.